The van der Waals surface area contributed by atoms with Gasteiger partial charge in [0.25, 0.3) is 5.91 Å². The van der Waals surface area contributed by atoms with Gasteiger partial charge in [-0.15, -0.1) is 0 Å². The number of aromatic nitrogens is 4. The zero-order valence-corrected chi connectivity index (χ0v) is 20.5. The molecule has 10 heteroatoms. The molecule has 1 aliphatic heterocycles. The first-order chi connectivity index (χ1) is 18.5. The number of para-hydroxylation sites is 1. The van der Waals surface area contributed by atoms with Gasteiger partial charge in [0.15, 0.2) is 11.5 Å². The largest absolute Gasteiger partial charge is 0.457 e. The number of nitrogen functional groups attached to an aromatic ring is 1. The molecule has 0 radical (unpaired) electrons. The molecule has 38 heavy (non-hydrogen) atoms. The van der Waals surface area contributed by atoms with Crippen LogP contribution in [0.5, 0.6) is 11.5 Å². The number of anilines is 1. The van der Waals surface area contributed by atoms with Crippen molar-refractivity contribution in [3.63, 3.8) is 0 Å². The Morgan fingerprint density at radius 3 is 2.50 bits per heavy atom. The quantitative estimate of drug-likeness (QED) is 0.312. The second-order valence-electron chi connectivity index (χ2n) is 9.55. The Kier molecular flexibility index (Phi) is 5.88. The summed E-state index contributed by atoms with van der Waals surface area (Å²) >= 11 is 0. The highest BCUT2D eigenvalue weighted by Crippen LogP contribution is 2.33. The standard InChI is InChI=1S/C28H25N7O3/c29-15-19(14-18-6-7-18)27(36)33-13-12-21(16-33)35-26-24(25(30)31-17-32-26)34(28(35)37)20-8-10-23(11-9-20)38-22-4-2-1-3-5-22/h1-5,8-11,14,17-18,21H,6-7,12-13,16H2,(H2,30,31,32). The second kappa shape index (κ2) is 9.52. The van der Waals surface area contributed by atoms with Crippen LogP contribution >= 0.6 is 0 Å². The summed E-state index contributed by atoms with van der Waals surface area (Å²) in [6, 6.07) is 18.3. The van der Waals surface area contributed by atoms with Gasteiger partial charge in [-0.05, 0) is 61.6 Å². The third-order valence-electron chi connectivity index (χ3n) is 6.95. The van der Waals surface area contributed by atoms with E-state index in [0.717, 1.165) is 12.8 Å². The molecule has 2 aliphatic rings. The summed E-state index contributed by atoms with van der Waals surface area (Å²) < 4.78 is 8.96. The van der Waals surface area contributed by atoms with Gasteiger partial charge in [0.05, 0.1) is 11.7 Å². The number of likely N-dealkylation sites (tertiary alicyclic amines) is 1. The molecule has 1 aliphatic carbocycles. The van der Waals surface area contributed by atoms with Crippen molar-refractivity contribution < 1.29 is 9.53 Å². The Balaban J connectivity index is 1.33. The van der Waals surface area contributed by atoms with Gasteiger partial charge in [-0.2, -0.15) is 5.26 Å². The number of carbonyl (C=O) groups excluding carboxylic acids is 1. The van der Waals surface area contributed by atoms with Crippen molar-refractivity contribution in [1.29, 1.82) is 5.26 Å². The number of nitriles is 1. The SMILES string of the molecule is N#CC(=CC1CC1)C(=O)N1CCC(n2c(=O)n(-c3ccc(Oc4ccccc4)cc3)c3c(N)ncnc32)C1. The molecule has 1 saturated carbocycles. The molecule has 1 unspecified atom stereocenters. The van der Waals surface area contributed by atoms with E-state index in [9.17, 15) is 14.9 Å². The van der Waals surface area contributed by atoms with Crippen LogP contribution in [0.1, 0.15) is 25.3 Å². The summed E-state index contributed by atoms with van der Waals surface area (Å²) in [4.78, 5) is 37.0. The number of nitrogens with zero attached hydrogens (tertiary/aromatic N) is 6. The molecule has 10 nitrogen and oxygen atoms in total. The molecular formula is C28H25N7O3. The topological polar surface area (TPSA) is 132 Å². The predicted octanol–water partition coefficient (Wildman–Crippen LogP) is 3.59. The van der Waals surface area contributed by atoms with Gasteiger partial charge in [0.1, 0.15) is 35.0 Å². The normalized spacial score (nSPS) is 17.5. The number of carbonyl (C=O) groups is 1. The van der Waals surface area contributed by atoms with Crippen LogP contribution in [-0.2, 0) is 4.79 Å². The summed E-state index contributed by atoms with van der Waals surface area (Å²) in [5.41, 5.74) is 7.49. The van der Waals surface area contributed by atoms with E-state index >= 15 is 0 Å². The minimum absolute atomic E-state index is 0.173. The monoisotopic (exact) mass is 507 g/mol. The molecule has 3 heterocycles. The van der Waals surface area contributed by atoms with E-state index < -0.39 is 0 Å². The van der Waals surface area contributed by atoms with E-state index in [2.05, 4.69) is 9.97 Å². The van der Waals surface area contributed by atoms with Gasteiger partial charge in [-0.25, -0.2) is 14.8 Å². The van der Waals surface area contributed by atoms with E-state index in [1.165, 1.54) is 10.9 Å². The highest BCUT2D eigenvalue weighted by molar-refractivity contribution is 5.97. The van der Waals surface area contributed by atoms with E-state index in [0.29, 0.717) is 53.8 Å². The van der Waals surface area contributed by atoms with Crippen molar-refractivity contribution in [2.45, 2.75) is 25.3 Å². The fourth-order valence-corrected chi connectivity index (χ4v) is 4.89. The lowest BCUT2D eigenvalue weighted by molar-refractivity contribution is -0.125. The molecule has 2 fully saturated rings. The smallest absolute Gasteiger partial charge is 0.335 e. The van der Waals surface area contributed by atoms with E-state index in [4.69, 9.17) is 10.5 Å². The number of hydrogen-bond acceptors (Lipinski definition) is 7. The van der Waals surface area contributed by atoms with Crippen LogP contribution < -0.4 is 16.2 Å². The number of hydrogen-bond donors (Lipinski definition) is 1. The highest BCUT2D eigenvalue weighted by atomic mass is 16.5. The number of rotatable bonds is 6. The number of fused-ring (bicyclic) bond motifs is 1. The van der Waals surface area contributed by atoms with Crippen LogP contribution in [0.4, 0.5) is 5.82 Å². The van der Waals surface area contributed by atoms with Gasteiger partial charge in [0, 0.05) is 13.1 Å². The fourth-order valence-electron chi connectivity index (χ4n) is 4.89. The number of imidazole rings is 1. The molecule has 1 saturated heterocycles. The first kappa shape index (κ1) is 23.5. The van der Waals surface area contributed by atoms with Crippen molar-refractivity contribution in [2.75, 3.05) is 18.8 Å². The Hall–Kier alpha value is -4.91. The highest BCUT2D eigenvalue weighted by Gasteiger charge is 2.33. The van der Waals surface area contributed by atoms with Crippen LogP contribution in [0.25, 0.3) is 16.9 Å². The Morgan fingerprint density at radius 1 is 1.05 bits per heavy atom. The van der Waals surface area contributed by atoms with Crippen molar-refractivity contribution in [2.24, 2.45) is 5.92 Å². The lowest BCUT2D eigenvalue weighted by atomic mass is 10.2. The minimum atomic E-state index is -0.322. The van der Waals surface area contributed by atoms with Crippen LogP contribution in [0, 0.1) is 17.2 Å². The van der Waals surface area contributed by atoms with Crippen molar-refractivity contribution in [3.05, 3.63) is 83.1 Å². The summed E-state index contributed by atoms with van der Waals surface area (Å²) in [6.45, 7) is 0.744. The van der Waals surface area contributed by atoms with E-state index in [-0.39, 0.29) is 29.0 Å². The minimum Gasteiger partial charge on any atom is -0.457 e. The number of nitrogens with two attached hydrogens (primary N) is 1. The molecule has 6 rings (SSSR count). The molecule has 4 aromatic rings. The Labute approximate surface area is 218 Å². The van der Waals surface area contributed by atoms with Crippen LogP contribution in [0.15, 0.2) is 77.4 Å². The zero-order chi connectivity index (χ0) is 26.2. The Bertz CT molecular complexity index is 1640. The number of benzene rings is 2. The number of amides is 1. The third-order valence-corrected chi connectivity index (χ3v) is 6.95. The molecule has 0 spiro atoms. The number of ether oxygens (including phenoxy) is 1. The first-order valence-electron chi connectivity index (χ1n) is 12.5. The van der Waals surface area contributed by atoms with Crippen LogP contribution in [0.2, 0.25) is 0 Å². The number of allylic oxidation sites excluding steroid dienone is 1. The van der Waals surface area contributed by atoms with Crippen LogP contribution in [0.3, 0.4) is 0 Å². The first-order valence-corrected chi connectivity index (χ1v) is 12.5. The third kappa shape index (κ3) is 4.28. The van der Waals surface area contributed by atoms with Gasteiger partial charge in [-0.1, -0.05) is 24.3 Å². The van der Waals surface area contributed by atoms with Gasteiger partial charge >= 0.3 is 5.69 Å². The summed E-state index contributed by atoms with van der Waals surface area (Å²) in [6.07, 6.45) is 5.68. The summed E-state index contributed by atoms with van der Waals surface area (Å²) in [5.74, 6) is 1.54. The molecule has 2 aromatic heterocycles. The van der Waals surface area contributed by atoms with Gasteiger partial charge in [0.2, 0.25) is 0 Å². The van der Waals surface area contributed by atoms with Crippen molar-refractivity contribution in [1.82, 2.24) is 24.0 Å². The average Bonchev–Trinajstić information content (AvgIpc) is 3.54. The molecule has 1 amide bonds. The predicted molar refractivity (Wildman–Crippen MR) is 141 cm³/mol. The van der Waals surface area contributed by atoms with E-state index in [1.54, 1.807) is 39.8 Å². The molecule has 2 N–H and O–H groups in total. The molecule has 2 aromatic carbocycles. The average molecular weight is 508 g/mol. The van der Waals surface area contributed by atoms with E-state index in [1.807, 2.05) is 36.4 Å². The molecule has 1 atom stereocenters. The maximum absolute atomic E-state index is 13.8. The zero-order valence-electron chi connectivity index (χ0n) is 20.5. The van der Waals surface area contributed by atoms with Crippen LogP contribution in [-0.4, -0.2) is 43.0 Å². The lowest BCUT2D eigenvalue weighted by Gasteiger charge is -2.16. The molecule has 0 bridgehead atoms. The summed E-state index contributed by atoms with van der Waals surface area (Å²) in [5, 5.41) is 9.50. The maximum atomic E-state index is 13.8. The maximum Gasteiger partial charge on any atom is 0.335 e. The van der Waals surface area contributed by atoms with Crippen molar-refractivity contribution >= 4 is 22.9 Å². The lowest BCUT2D eigenvalue weighted by Crippen LogP contribution is -2.32. The summed E-state index contributed by atoms with van der Waals surface area (Å²) in [7, 11) is 0. The van der Waals surface area contributed by atoms with Gasteiger partial charge < -0.3 is 15.4 Å². The molecular weight excluding hydrogens is 482 g/mol. The Morgan fingerprint density at radius 2 is 1.79 bits per heavy atom. The van der Waals surface area contributed by atoms with Crippen molar-refractivity contribution in [3.8, 4) is 23.3 Å². The molecule has 190 valence electrons. The second-order valence-corrected chi connectivity index (χ2v) is 9.55. The van der Waals surface area contributed by atoms with Gasteiger partial charge in [-0.3, -0.25) is 13.9 Å². The fraction of sp³-hybridized carbons (Fsp3) is 0.250.